The number of amides is 2. The number of imide groups is 1. The van der Waals surface area contributed by atoms with E-state index in [1.165, 1.54) is 6.07 Å². The molecule has 7 nitrogen and oxygen atoms in total. The summed E-state index contributed by atoms with van der Waals surface area (Å²) in [6, 6.07) is 11.8. The molecule has 0 saturated heterocycles. The molecule has 0 aromatic heterocycles. The quantitative estimate of drug-likeness (QED) is 0.139. The van der Waals surface area contributed by atoms with E-state index in [1.54, 1.807) is 24.3 Å². The smallest absolute Gasteiger partial charge is 0.299 e. The molecule has 1 aliphatic heterocycles. The summed E-state index contributed by atoms with van der Waals surface area (Å²) >= 11 is 0. The van der Waals surface area contributed by atoms with E-state index >= 15 is 0 Å². The molecule has 0 saturated carbocycles. The Morgan fingerprint density at radius 1 is 0.973 bits per heavy atom. The van der Waals surface area contributed by atoms with Gasteiger partial charge in [0.05, 0.1) is 5.56 Å². The largest absolute Gasteiger partial charge is 0.474 e. The standard InChI is InChI=1S/C30H34N2O5/c1-21(37-30(2,3)4)31-19-11-9-7-5-6-8-10-14-22-15-12-16-23(20-22)36-25-18-13-17-24-26(25)28(34)32-29(35)27(24)33/h12-13,15-18,20,31H,1,5-9,11,19H2,2-4H3,(H,32,34,35). The van der Waals surface area contributed by atoms with Crippen LogP contribution in [0.15, 0.2) is 54.9 Å². The van der Waals surface area contributed by atoms with Crippen LogP contribution in [0.25, 0.3) is 0 Å². The number of carbonyl (C=O) groups excluding carboxylic acids is 3. The maximum Gasteiger partial charge on any atom is 0.299 e. The molecule has 0 radical (unpaired) electrons. The Bertz CT molecular complexity index is 1230. The van der Waals surface area contributed by atoms with Gasteiger partial charge >= 0.3 is 0 Å². The number of fused-ring (bicyclic) bond motifs is 1. The summed E-state index contributed by atoms with van der Waals surface area (Å²) < 4.78 is 11.5. The molecule has 3 rings (SSSR count). The highest BCUT2D eigenvalue weighted by atomic mass is 16.5. The van der Waals surface area contributed by atoms with Crippen LogP contribution in [0.4, 0.5) is 0 Å². The number of ether oxygens (including phenoxy) is 2. The third kappa shape index (κ3) is 8.53. The third-order valence-electron chi connectivity index (χ3n) is 5.46. The second-order valence-corrected chi connectivity index (χ2v) is 9.80. The Kier molecular flexibility index (Phi) is 9.51. The molecule has 0 unspecified atom stereocenters. The second-order valence-electron chi connectivity index (χ2n) is 9.80. The fourth-order valence-electron chi connectivity index (χ4n) is 3.82. The normalized spacial score (nSPS) is 12.7. The maximum atomic E-state index is 12.3. The zero-order valence-electron chi connectivity index (χ0n) is 21.7. The number of nitrogens with one attached hydrogen (secondary N) is 2. The van der Waals surface area contributed by atoms with Gasteiger partial charge in [0, 0.05) is 24.1 Å². The number of ketones is 1. The van der Waals surface area contributed by atoms with Crippen molar-refractivity contribution in [1.29, 1.82) is 0 Å². The fourth-order valence-corrected chi connectivity index (χ4v) is 3.82. The van der Waals surface area contributed by atoms with E-state index < -0.39 is 17.6 Å². The van der Waals surface area contributed by atoms with Crippen molar-refractivity contribution in [1.82, 2.24) is 10.6 Å². The number of hydrogen-bond donors (Lipinski definition) is 2. The van der Waals surface area contributed by atoms with Crippen LogP contribution in [0.2, 0.25) is 0 Å². The van der Waals surface area contributed by atoms with E-state index in [2.05, 4.69) is 29.1 Å². The van der Waals surface area contributed by atoms with Crippen LogP contribution in [0, 0.1) is 11.8 Å². The molecule has 0 fully saturated rings. The van der Waals surface area contributed by atoms with Crippen LogP contribution >= 0.6 is 0 Å². The van der Waals surface area contributed by atoms with Crippen molar-refractivity contribution in [3.63, 3.8) is 0 Å². The van der Waals surface area contributed by atoms with Gasteiger partial charge in [-0.3, -0.25) is 19.7 Å². The summed E-state index contributed by atoms with van der Waals surface area (Å²) in [5.41, 5.74) is 0.659. The van der Waals surface area contributed by atoms with Crippen molar-refractivity contribution in [2.45, 2.75) is 64.9 Å². The molecule has 2 amide bonds. The summed E-state index contributed by atoms with van der Waals surface area (Å²) in [6.07, 6.45) is 6.34. The number of unbranched alkanes of at least 4 members (excludes halogenated alkanes) is 5. The Morgan fingerprint density at radius 3 is 2.49 bits per heavy atom. The first-order valence-corrected chi connectivity index (χ1v) is 12.6. The first-order valence-electron chi connectivity index (χ1n) is 12.6. The van der Waals surface area contributed by atoms with Gasteiger partial charge in [0.2, 0.25) is 0 Å². The molecule has 37 heavy (non-hydrogen) atoms. The molecule has 1 heterocycles. The lowest BCUT2D eigenvalue weighted by Gasteiger charge is -2.23. The number of Topliss-reactive ketones (excluding diaryl/α,β-unsaturated/α-hetero) is 1. The topological polar surface area (TPSA) is 93.7 Å². The molecule has 0 aliphatic carbocycles. The molecule has 2 aromatic rings. The lowest BCUT2D eigenvalue weighted by atomic mass is 9.98. The van der Waals surface area contributed by atoms with Crippen molar-refractivity contribution < 1.29 is 23.9 Å². The third-order valence-corrected chi connectivity index (χ3v) is 5.46. The predicted octanol–water partition coefficient (Wildman–Crippen LogP) is 5.50. The van der Waals surface area contributed by atoms with Gasteiger partial charge in [-0.2, -0.15) is 0 Å². The highest BCUT2D eigenvalue weighted by Crippen LogP contribution is 2.30. The molecule has 2 N–H and O–H groups in total. The Hall–Kier alpha value is -4.05. The molecule has 0 bridgehead atoms. The average Bonchev–Trinajstić information content (AvgIpc) is 2.83. The first kappa shape index (κ1) is 27.5. The number of rotatable bonds is 11. The van der Waals surface area contributed by atoms with Gasteiger partial charge in [-0.25, -0.2) is 0 Å². The summed E-state index contributed by atoms with van der Waals surface area (Å²) in [6.45, 7) is 10.7. The molecule has 194 valence electrons. The molecule has 0 spiro atoms. The van der Waals surface area contributed by atoms with E-state index in [9.17, 15) is 14.4 Å². The molecular weight excluding hydrogens is 468 g/mol. The van der Waals surface area contributed by atoms with Gasteiger partial charge < -0.3 is 14.8 Å². The van der Waals surface area contributed by atoms with Gasteiger partial charge in [-0.15, -0.1) is 0 Å². The summed E-state index contributed by atoms with van der Waals surface area (Å²) in [5, 5.41) is 5.26. The molecule has 7 heteroatoms. The van der Waals surface area contributed by atoms with E-state index in [0.29, 0.717) is 11.6 Å². The lowest BCUT2D eigenvalue weighted by Crippen LogP contribution is -2.42. The number of benzene rings is 2. The van der Waals surface area contributed by atoms with Gasteiger partial charge in [0.15, 0.2) is 5.88 Å². The van der Waals surface area contributed by atoms with E-state index in [4.69, 9.17) is 9.47 Å². The molecule has 2 aromatic carbocycles. The molecule has 0 atom stereocenters. The van der Waals surface area contributed by atoms with E-state index in [1.807, 2.05) is 32.9 Å². The van der Waals surface area contributed by atoms with E-state index in [-0.39, 0.29) is 22.5 Å². The highest BCUT2D eigenvalue weighted by molar-refractivity contribution is 6.49. The molecular formula is C30H34N2O5. The second kappa shape index (κ2) is 12.8. The maximum absolute atomic E-state index is 12.3. The van der Waals surface area contributed by atoms with Crippen molar-refractivity contribution in [2.24, 2.45) is 0 Å². The average molecular weight is 503 g/mol. The Labute approximate surface area is 218 Å². The van der Waals surface area contributed by atoms with Gasteiger partial charge in [-0.05, 0) is 70.5 Å². The fraction of sp³-hybridized carbons (Fsp3) is 0.367. The van der Waals surface area contributed by atoms with Crippen molar-refractivity contribution in [3.8, 4) is 23.3 Å². The van der Waals surface area contributed by atoms with Crippen LogP contribution in [0.5, 0.6) is 11.5 Å². The minimum absolute atomic E-state index is 0.0402. The zero-order valence-corrected chi connectivity index (χ0v) is 21.7. The summed E-state index contributed by atoms with van der Waals surface area (Å²) in [5.74, 6) is 5.34. The summed E-state index contributed by atoms with van der Waals surface area (Å²) in [4.78, 5) is 36.0. The number of carbonyl (C=O) groups is 3. The van der Waals surface area contributed by atoms with Crippen LogP contribution in [0.3, 0.4) is 0 Å². The monoisotopic (exact) mass is 502 g/mol. The van der Waals surface area contributed by atoms with Crippen LogP contribution in [-0.4, -0.2) is 29.7 Å². The first-order chi connectivity index (χ1) is 17.6. The minimum Gasteiger partial charge on any atom is -0.474 e. The van der Waals surface area contributed by atoms with Crippen molar-refractivity contribution >= 4 is 17.6 Å². The van der Waals surface area contributed by atoms with Gasteiger partial charge in [-0.1, -0.05) is 43.2 Å². The Morgan fingerprint density at radius 2 is 1.70 bits per heavy atom. The molecule has 1 aliphatic rings. The lowest BCUT2D eigenvalue weighted by molar-refractivity contribution is -0.116. The SMILES string of the molecule is C=C(NCCCCCCCC#Cc1cccc(Oc2cccc3c2C(=O)NC(=O)C3=O)c1)OC(C)(C)C. The van der Waals surface area contributed by atoms with Crippen LogP contribution in [-0.2, 0) is 9.53 Å². The summed E-state index contributed by atoms with van der Waals surface area (Å²) in [7, 11) is 0. The predicted molar refractivity (Wildman–Crippen MR) is 142 cm³/mol. The van der Waals surface area contributed by atoms with Crippen molar-refractivity contribution in [3.05, 3.63) is 71.6 Å². The highest BCUT2D eigenvalue weighted by Gasteiger charge is 2.33. The Balaban J connectivity index is 1.42. The zero-order chi connectivity index (χ0) is 26.8. The van der Waals surface area contributed by atoms with Gasteiger partial charge in [0.1, 0.15) is 17.1 Å². The van der Waals surface area contributed by atoms with Crippen molar-refractivity contribution in [2.75, 3.05) is 6.54 Å². The minimum atomic E-state index is -0.933. The van der Waals surface area contributed by atoms with Crippen LogP contribution in [0.1, 0.15) is 85.6 Å². The van der Waals surface area contributed by atoms with Crippen LogP contribution < -0.4 is 15.4 Å². The van der Waals surface area contributed by atoms with E-state index in [0.717, 1.165) is 50.6 Å². The van der Waals surface area contributed by atoms with Gasteiger partial charge in [0.25, 0.3) is 17.6 Å². The number of hydrogen-bond acceptors (Lipinski definition) is 6.